The number of hydrogen-bond acceptors (Lipinski definition) is 4. The Balaban J connectivity index is 0.000001000. The summed E-state index contributed by atoms with van der Waals surface area (Å²) >= 11 is 0. The van der Waals surface area contributed by atoms with Gasteiger partial charge in [-0.15, -0.1) is 10.2 Å². The summed E-state index contributed by atoms with van der Waals surface area (Å²) in [5.74, 6) is 0.876. The normalized spacial score (nSPS) is 9.89. The van der Waals surface area contributed by atoms with Crippen molar-refractivity contribution < 1.29 is 29.8 Å². The molecule has 0 aliphatic heterocycles. The van der Waals surface area contributed by atoms with Gasteiger partial charge in [0.05, 0.1) is 5.56 Å². The Kier molecular flexibility index (Phi) is 4.05. The van der Waals surface area contributed by atoms with Gasteiger partial charge in [0.15, 0.2) is 0 Å². The minimum Gasteiger partial charge on any atom is -1.00 e. The molecule has 0 aliphatic rings. The van der Waals surface area contributed by atoms with E-state index in [2.05, 4.69) is 10.2 Å². The van der Waals surface area contributed by atoms with Gasteiger partial charge in [-0.25, -0.2) is 0 Å². The van der Waals surface area contributed by atoms with Crippen LogP contribution < -0.4 is 18.9 Å². The van der Waals surface area contributed by atoms with Crippen LogP contribution >= 0.6 is 0 Å². The summed E-state index contributed by atoms with van der Waals surface area (Å²) in [4.78, 5) is 0. The number of para-hydroxylation sites is 1. The molecule has 3 rings (SSSR count). The summed E-state index contributed by atoms with van der Waals surface area (Å²) in [5, 5.41) is 17.6. The van der Waals surface area contributed by atoms with E-state index in [1.54, 1.807) is 24.3 Å². The van der Waals surface area contributed by atoms with E-state index in [0.717, 1.165) is 5.56 Å². The van der Waals surface area contributed by atoms with Gasteiger partial charge >= 0.3 is 18.9 Å². The third-order valence-electron chi connectivity index (χ3n) is 2.58. The van der Waals surface area contributed by atoms with E-state index in [4.69, 9.17) is 4.42 Å². The molecule has 3 aromatic rings. The molecule has 4 nitrogen and oxygen atoms in total. The molecular formula is C14H11LiN2O2. The molecule has 0 radical (unpaired) electrons. The van der Waals surface area contributed by atoms with Crippen molar-refractivity contribution in [2.75, 3.05) is 0 Å². The third-order valence-corrected chi connectivity index (χ3v) is 2.58. The first-order chi connectivity index (χ1) is 8.84. The number of benzene rings is 2. The topological polar surface area (TPSA) is 59.2 Å². The van der Waals surface area contributed by atoms with Gasteiger partial charge in [0, 0.05) is 5.56 Å². The zero-order chi connectivity index (χ0) is 12.4. The van der Waals surface area contributed by atoms with Gasteiger partial charge in [0.1, 0.15) is 5.75 Å². The number of nitrogens with zero attached hydrogens (tertiary/aromatic N) is 2. The minimum absolute atomic E-state index is 0. The van der Waals surface area contributed by atoms with Gasteiger partial charge in [-0.3, -0.25) is 0 Å². The van der Waals surface area contributed by atoms with Crippen molar-refractivity contribution in [1.82, 2.24) is 10.2 Å². The Morgan fingerprint density at radius 2 is 1.47 bits per heavy atom. The molecule has 0 spiro atoms. The van der Waals surface area contributed by atoms with Gasteiger partial charge in [0.2, 0.25) is 5.89 Å². The molecule has 5 heteroatoms. The monoisotopic (exact) mass is 246 g/mol. The molecule has 2 aromatic carbocycles. The molecule has 0 saturated heterocycles. The Bertz CT molecular complexity index is 674. The number of aromatic nitrogens is 2. The van der Waals surface area contributed by atoms with E-state index < -0.39 is 0 Å². The smallest absolute Gasteiger partial charge is 1.00 e. The van der Waals surface area contributed by atoms with Crippen molar-refractivity contribution in [2.24, 2.45) is 0 Å². The van der Waals surface area contributed by atoms with Crippen LogP contribution in [0.25, 0.3) is 22.9 Å². The molecular weight excluding hydrogens is 235 g/mol. The maximum absolute atomic E-state index is 9.72. The Morgan fingerprint density at radius 1 is 0.842 bits per heavy atom. The fraction of sp³-hybridized carbons (Fsp3) is 0. The molecule has 0 fully saturated rings. The van der Waals surface area contributed by atoms with Crippen LogP contribution in [0.5, 0.6) is 5.75 Å². The molecule has 19 heavy (non-hydrogen) atoms. The zero-order valence-corrected chi connectivity index (χ0v) is 10.4. The Morgan fingerprint density at radius 3 is 2.21 bits per heavy atom. The van der Waals surface area contributed by atoms with Gasteiger partial charge in [-0.1, -0.05) is 30.3 Å². The first-order valence-electron chi connectivity index (χ1n) is 5.52. The van der Waals surface area contributed by atoms with Crippen LogP contribution in [0.4, 0.5) is 0 Å². The van der Waals surface area contributed by atoms with Crippen LogP contribution in [-0.2, 0) is 0 Å². The second-order valence-corrected chi connectivity index (χ2v) is 3.80. The van der Waals surface area contributed by atoms with Crippen LogP contribution in [0.2, 0.25) is 0 Å². The first kappa shape index (κ1) is 13.4. The molecule has 0 atom stereocenters. The van der Waals surface area contributed by atoms with Gasteiger partial charge < -0.3 is 11.0 Å². The number of hydrogen-bond donors (Lipinski definition) is 1. The van der Waals surface area contributed by atoms with Gasteiger partial charge in [0.25, 0.3) is 5.89 Å². The van der Waals surface area contributed by atoms with Crippen molar-refractivity contribution in [3.05, 3.63) is 54.6 Å². The molecule has 0 unspecified atom stereocenters. The predicted molar refractivity (Wildman–Crippen MR) is 67.9 cm³/mol. The van der Waals surface area contributed by atoms with E-state index in [9.17, 15) is 5.11 Å². The average Bonchev–Trinajstić information content (AvgIpc) is 2.90. The van der Waals surface area contributed by atoms with Crippen molar-refractivity contribution in [3.8, 4) is 28.7 Å². The van der Waals surface area contributed by atoms with E-state index in [-0.39, 0.29) is 26.0 Å². The van der Waals surface area contributed by atoms with E-state index in [1.807, 2.05) is 30.3 Å². The van der Waals surface area contributed by atoms with E-state index in [0.29, 0.717) is 17.3 Å². The fourth-order valence-electron chi connectivity index (χ4n) is 1.68. The van der Waals surface area contributed by atoms with Gasteiger partial charge in [-0.05, 0) is 24.3 Å². The molecule has 90 valence electrons. The minimum atomic E-state index is 0. The van der Waals surface area contributed by atoms with Crippen molar-refractivity contribution in [1.29, 1.82) is 0 Å². The number of rotatable bonds is 2. The summed E-state index contributed by atoms with van der Waals surface area (Å²) in [6, 6.07) is 16.4. The average molecular weight is 246 g/mol. The molecule has 1 N–H and O–H groups in total. The van der Waals surface area contributed by atoms with Crippen LogP contribution in [-0.4, -0.2) is 15.3 Å². The molecule has 0 bridgehead atoms. The summed E-state index contributed by atoms with van der Waals surface area (Å²) in [6.45, 7) is 0. The van der Waals surface area contributed by atoms with Crippen LogP contribution in [0, 0.1) is 0 Å². The Hall–Kier alpha value is -2.02. The van der Waals surface area contributed by atoms with Crippen molar-refractivity contribution >= 4 is 0 Å². The molecule has 1 aromatic heterocycles. The number of phenolic OH excluding ortho intramolecular Hbond substituents is 1. The molecule has 0 aliphatic carbocycles. The van der Waals surface area contributed by atoms with E-state index >= 15 is 0 Å². The summed E-state index contributed by atoms with van der Waals surface area (Å²) in [7, 11) is 0. The third kappa shape index (κ3) is 2.70. The Labute approximate surface area is 123 Å². The second-order valence-electron chi connectivity index (χ2n) is 3.80. The summed E-state index contributed by atoms with van der Waals surface area (Å²) in [6.07, 6.45) is 0. The maximum atomic E-state index is 9.72. The zero-order valence-electron chi connectivity index (χ0n) is 11.4. The molecule has 0 amide bonds. The van der Waals surface area contributed by atoms with Crippen LogP contribution in [0.3, 0.4) is 0 Å². The van der Waals surface area contributed by atoms with Crippen molar-refractivity contribution in [3.63, 3.8) is 0 Å². The summed E-state index contributed by atoms with van der Waals surface area (Å²) in [5.41, 5.74) is 1.39. The fourth-order valence-corrected chi connectivity index (χ4v) is 1.68. The van der Waals surface area contributed by atoms with E-state index in [1.165, 1.54) is 0 Å². The van der Waals surface area contributed by atoms with Crippen LogP contribution in [0.15, 0.2) is 59.0 Å². The maximum Gasteiger partial charge on any atom is 1.00 e. The largest absolute Gasteiger partial charge is 1.00 e. The number of aromatic hydroxyl groups is 1. The quantitative estimate of drug-likeness (QED) is 0.657. The molecule has 1 heterocycles. The molecule has 0 saturated carbocycles. The van der Waals surface area contributed by atoms with Gasteiger partial charge in [-0.2, -0.15) is 0 Å². The SMILES string of the molecule is Oc1ccccc1-c1nnc(-c2ccccc2)o1.[H-].[Li+]. The summed E-state index contributed by atoms with van der Waals surface area (Å²) < 4.78 is 5.55. The predicted octanol–water partition coefficient (Wildman–Crippen LogP) is 0.226. The van der Waals surface area contributed by atoms with Crippen molar-refractivity contribution in [2.45, 2.75) is 0 Å². The number of phenols is 1. The standard InChI is InChI=1S/C14H10N2O2.Li.H/c17-12-9-5-4-8-11(12)14-16-15-13(18-14)10-6-2-1-3-7-10;;/h1-9,17H;;/q;+1;-1. The second kappa shape index (κ2) is 5.74. The first-order valence-corrected chi connectivity index (χ1v) is 5.52. The van der Waals surface area contributed by atoms with Crippen LogP contribution in [0.1, 0.15) is 1.43 Å².